The zero-order valence-corrected chi connectivity index (χ0v) is 11.9. The summed E-state index contributed by atoms with van der Waals surface area (Å²) in [6.07, 6.45) is 3.61. The molecule has 1 aromatic heterocycles. The van der Waals surface area contributed by atoms with Gasteiger partial charge in [-0.15, -0.1) is 11.3 Å². The van der Waals surface area contributed by atoms with Crippen molar-refractivity contribution < 1.29 is 4.74 Å². The van der Waals surface area contributed by atoms with Gasteiger partial charge in [0.2, 0.25) is 0 Å². The highest BCUT2D eigenvalue weighted by atomic mass is 79.9. The lowest BCUT2D eigenvalue weighted by molar-refractivity contribution is 0.0406. The van der Waals surface area contributed by atoms with Gasteiger partial charge in [-0.1, -0.05) is 0 Å². The maximum Gasteiger partial charge on any atom is 0.0509 e. The average Bonchev–Trinajstić information content (AvgIpc) is 2.73. The summed E-state index contributed by atoms with van der Waals surface area (Å²) >= 11 is 5.33. The molecule has 0 aliphatic carbocycles. The molecule has 1 saturated heterocycles. The second-order valence-corrected chi connectivity index (χ2v) is 6.22. The number of rotatable bonds is 4. The van der Waals surface area contributed by atoms with Crippen LogP contribution in [0.25, 0.3) is 0 Å². The minimum Gasteiger partial charge on any atom is -0.381 e. The van der Waals surface area contributed by atoms with Crippen LogP contribution in [0.3, 0.4) is 0 Å². The number of ether oxygens (including phenoxy) is 1. The number of likely N-dealkylation sites (N-methyl/N-ethyl adjacent to an activating group) is 1. The Morgan fingerprint density at radius 3 is 3.12 bits per heavy atom. The number of hydrogen-bond acceptors (Lipinski definition) is 3. The molecule has 90 valence electrons. The van der Waals surface area contributed by atoms with Gasteiger partial charge in [0.25, 0.3) is 0 Å². The fourth-order valence-corrected chi connectivity index (χ4v) is 3.78. The van der Waals surface area contributed by atoms with Crippen LogP contribution in [0.2, 0.25) is 0 Å². The van der Waals surface area contributed by atoms with Crippen molar-refractivity contribution >= 4 is 27.3 Å². The predicted molar refractivity (Wildman–Crippen MR) is 72.1 cm³/mol. The molecule has 0 aromatic carbocycles. The standard InChI is InChI=1S/C12H18BrNOS/c1-14-12(9-3-2-4-15-7-9)6-11-5-10(13)8-16-11/h5,8-9,12,14H,2-4,6-7H2,1H3. The number of hydrogen-bond donors (Lipinski definition) is 1. The monoisotopic (exact) mass is 303 g/mol. The molecule has 4 heteroatoms. The molecule has 16 heavy (non-hydrogen) atoms. The predicted octanol–water partition coefficient (Wildman–Crippen LogP) is 3.07. The van der Waals surface area contributed by atoms with E-state index in [2.05, 4.69) is 39.7 Å². The van der Waals surface area contributed by atoms with Gasteiger partial charge in [0.1, 0.15) is 0 Å². The van der Waals surface area contributed by atoms with E-state index >= 15 is 0 Å². The van der Waals surface area contributed by atoms with Crippen molar-refractivity contribution in [3.63, 3.8) is 0 Å². The largest absolute Gasteiger partial charge is 0.381 e. The van der Waals surface area contributed by atoms with Gasteiger partial charge in [-0.3, -0.25) is 0 Å². The molecule has 0 radical (unpaired) electrons. The van der Waals surface area contributed by atoms with Crippen LogP contribution >= 0.6 is 27.3 Å². The van der Waals surface area contributed by atoms with Crippen LogP contribution < -0.4 is 5.32 Å². The van der Waals surface area contributed by atoms with Gasteiger partial charge in [-0.2, -0.15) is 0 Å². The Hall–Kier alpha value is 0.1000. The average molecular weight is 304 g/mol. The second kappa shape index (κ2) is 6.15. The minimum atomic E-state index is 0.547. The molecule has 0 saturated carbocycles. The lowest BCUT2D eigenvalue weighted by Gasteiger charge is -2.29. The summed E-state index contributed by atoms with van der Waals surface area (Å²) < 4.78 is 6.76. The van der Waals surface area contributed by atoms with Crippen molar-refractivity contribution in [3.8, 4) is 0 Å². The first-order valence-corrected chi connectivity index (χ1v) is 7.45. The summed E-state index contributed by atoms with van der Waals surface area (Å²) in [6.45, 7) is 1.86. The summed E-state index contributed by atoms with van der Waals surface area (Å²) in [6, 6.07) is 2.77. The first-order chi connectivity index (χ1) is 7.79. The SMILES string of the molecule is CNC(Cc1cc(Br)cs1)C1CCCOC1. The van der Waals surface area contributed by atoms with Crippen molar-refractivity contribution in [1.82, 2.24) is 5.32 Å². The molecule has 0 amide bonds. The number of thiophene rings is 1. The maximum atomic E-state index is 5.56. The van der Waals surface area contributed by atoms with Crippen LogP contribution in [0, 0.1) is 5.92 Å². The first-order valence-electron chi connectivity index (χ1n) is 5.77. The van der Waals surface area contributed by atoms with E-state index in [1.165, 1.54) is 22.2 Å². The molecule has 1 aliphatic heterocycles. The van der Waals surface area contributed by atoms with Crippen molar-refractivity contribution in [2.75, 3.05) is 20.3 Å². The fraction of sp³-hybridized carbons (Fsp3) is 0.667. The van der Waals surface area contributed by atoms with Crippen LogP contribution in [-0.2, 0) is 11.2 Å². The summed E-state index contributed by atoms with van der Waals surface area (Å²) in [5.74, 6) is 0.666. The van der Waals surface area contributed by atoms with Gasteiger partial charge in [0.05, 0.1) is 6.61 Å². The van der Waals surface area contributed by atoms with E-state index in [1.807, 2.05) is 11.3 Å². The molecule has 1 N–H and O–H groups in total. The summed E-state index contributed by atoms with van der Waals surface area (Å²) in [4.78, 5) is 1.44. The Morgan fingerprint density at radius 1 is 1.69 bits per heavy atom. The molecule has 1 aliphatic rings. The molecule has 2 heterocycles. The summed E-state index contributed by atoms with van der Waals surface area (Å²) in [7, 11) is 2.06. The van der Waals surface area contributed by atoms with Crippen molar-refractivity contribution in [1.29, 1.82) is 0 Å². The molecule has 2 unspecified atom stereocenters. The van der Waals surface area contributed by atoms with E-state index in [9.17, 15) is 0 Å². The van der Waals surface area contributed by atoms with Crippen molar-refractivity contribution in [2.24, 2.45) is 5.92 Å². The van der Waals surface area contributed by atoms with Gasteiger partial charge in [0, 0.05) is 27.4 Å². The summed E-state index contributed by atoms with van der Waals surface area (Å²) in [5.41, 5.74) is 0. The molecule has 2 nitrogen and oxygen atoms in total. The Morgan fingerprint density at radius 2 is 2.56 bits per heavy atom. The lowest BCUT2D eigenvalue weighted by atomic mass is 9.91. The van der Waals surface area contributed by atoms with Crippen LogP contribution in [0.15, 0.2) is 15.9 Å². The third-order valence-corrected chi connectivity index (χ3v) is 4.90. The summed E-state index contributed by atoms with van der Waals surface area (Å²) in [5, 5.41) is 5.59. The van der Waals surface area contributed by atoms with E-state index in [4.69, 9.17) is 4.74 Å². The Labute approximate surface area is 110 Å². The van der Waals surface area contributed by atoms with Crippen LogP contribution in [0.1, 0.15) is 17.7 Å². The molecule has 0 bridgehead atoms. The molecule has 2 atom stereocenters. The molecular formula is C12H18BrNOS. The Bertz CT molecular complexity index is 323. The van der Waals surface area contributed by atoms with Gasteiger partial charge in [-0.05, 0) is 54.2 Å². The van der Waals surface area contributed by atoms with Crippen LogP contribution in [0.5, 0.6) is 0 Å². The third-order valence-electron chi connectivity index (χ3n) is 3.18. The Balaban J connectivity index is 1.94. The van der Waals surface area contributed by atoms with E-state index in [-0.39, 0.29) is 0 Å². The highest BCUT2D eigenvalue weighted by Crippen LogP contribution is 2.25. The van der Waals surface area contributed by atoms with E-state index in [0.29, 0.717) is 12.0 Å². The zero-order valence-electron chi connectivity index (χ0n) is 9.54. The second-order valence-electron chi connectivity index (χ2n) is 4.31. The van der Waals surface area contributed by atoms with Gasteiger partial charge >= 0.3 is 0 Å². The highest BCUT2D eigenvalue weighted by molar-refractivity contribution is 9.10. The first kappa shape index (κ1) is 12.6. The quantitative estimate of drug-likeness (QED) is 0.923. The minimum absolute atomic E-state index is 0.547. The third kappa shape index (κ3) is 3.29. The molecule has 1 aromatic rings. The topological polar surface area (TPSA) is 21.3 Å². The van der Waals surface area contributed by atoms with Gasteiger partial charge < -0.3 is 10.1 Å². The van der Waals surface area contributed by atoms with Gasteiger partial charge in [-0.25, -0.2) is 0 Å². The smallest absolute Gasteiger partial charge is 0.0509 e. The van der Waals surface area contributed by atoms with E-state index < -0.39 is 0 Å². The molecule has 1 fully saturated rings. The van der Waals surface area contributed by atoms with Crippen LogP contribution in [0.4, 0.5) is 0 Å². The fourth-order valence-electron chi connectivity index (χ4n) is 2.26. The van der Waals surface area contributed by atoms with Crippen molar-refractivity contribution in [2.45, 2.75) is 25.3 Å². The highest BCUT2D eigenvalue weighted by Gasteiger charge is 2.23. The molecule has 0 spiro atoms. The van der Waals surface area contributed by atoms with Crippen molar-refractivity contribution in [3.05, 3.63) is 20.8 Å². The van der Waals surface area contributed by atoms with Gasteiger partial charge in [0.15, 0.2) is 0 Å². The zero-order chi connectivity index (χ0) is 11.4. The van der Waals surface area contributed by atoms with E-state index in [1.54, 1.807) is 0 Å². The number of nitrogens with one attached hydrogen (secondary N) is 1. The molecule has 2 rings (SSSR count). The van der Waals surface area contributed by atoms with Crippen LogP contribution in [-0.4, -0.2) is 26.3 Å². The Kier molecular flexibility index (Phi) is 4.82. The maximum absolute atomic E-state index is 5.56. The number of halogens is 1. The lowest BCUT2D eigenvalue weighted by Crippen LogP contribution is -2.39. The normalized spacial score (nSPS) is 23.2. The van der Waals surface area contributed by atoms with E-state index in [0.717, 1.165) is 19.6 Å². The molecular weight excluding hydrogens is 286 g/mol.